The fraction of sp³-hybridized carbons (Fsp3) is 0.364. The second-order valence-corrected chi connectivity index (χ2v) is 3.96. The van der Waals surface area contributed by atoms with Crippen LogP contribution in [0.5, 0.6) is 0 Å². The highest BCUT2D eigenvalue weighted by atomic mass is 35.5. The molecule has 8 heteroatoms. The molecule has 0 aromatic heterocycles. The first-order chi connectivity index (χ1) is 8.32. The van der Waals surface area contributed by atoms with Crippen molar-refractivity contribution in [2.45, 2.75) is 19.5 Å². The second kappa shape index (κ2) is 7.01. The lowest BCUT2D eigenvalue weighted by molar-refractivity contribution is -0.385. The van der Waals surface area contributed by atoms with E-state index in [1.807, 2.05) is 0 Å². The molecule has 0 aliphatic carbocycles. The lowest BCUT2D eigenvalue weighted by atomic mass is 10.1. The van der Waals surface area contributed by atoms with Crippen molar-refractivity contribution >= 4 is 24.1 Å². The Morgan fingerprint density at radius 2 is 2.16 bits per heavy atom. The van der Waals surface area contributed by atoms with Crippen LogP contribution in [0, 0.1) is 15.9 Å². The number of carboxylic acid groups (broad SMARTS) is 1. The van der Waals surface area contributed by atoms with Gasteiger partial charge in [-0.25, -0.2) is 4.39 Å². The summed E-state index contributed by atoms with van der Waals surface area (Å²) in [5.74, 6) is -1.73. The predicted molar refractivity (Wildman–Crippen MR) is 68.9 cm³/mol. The molecule has 0 heterocycles. The molecule has 1 N–H and O–H groups in total. The van der Waals surface area contributed by atoms with Crippen LogP contribution in [0.2, 0.25) is 0 Å². The molecule has 0 amide bonds. The van der Waals surface area contributed by atoms with Crippen LogP contribution in [0.3, 0.4) is 0 Å². The molecule has 19 heavy (non-hydrogen) atoms. The van der Waals surface area contributed by atoms with E-state index in [-0.39, 0.29) is 30.2 Å². The number of carbonyl (C=O) groups is 1. The molecule has 106 valence electrons. The third-order valence-corrected chi connectivity index (χ3v) is 2.69. The molecule has 0 saturated carbocycles. The van der Waals surface area contributed by atoms with E-state index in [1.165, 1.54) is 24.0 Å². The summed E-state index contributed by atoms with van der Waals surface area (Å²) < 4.78 is 13.6. The molecule has 0 radical (unpaired) electrons. The average Bonchev–Trinajstić information content (AvgIpc) is 2.30. The van der Waals surface area contributed by atoms with Gasteiger partial charge in [0.25, 0.3) is 5.69 Å². The first kappa shape index (κ1) is 17.3. The van der Waals surface area contributed by atoms with E-state index in [1.54, 1.807) is 7.05 Å². The first-order valence-corrected chi connectivity index (χ1v) is 5.18. The van der Waals surface area contributed by atoms with Crippen molar-refractivity contribution in [1.29, 1.82) is 0 Å². The number of likely N-dealkylation sites (N-methyl/N-ethyl adjacent to an activating group) is 1. The summed E-state index contributed by atoms with van der Waals surface area (Å²) in [4.78, 5) is 21.9. The topological polar surface area (TPSA) is 83.7 Å². The summed E-state index contributed by atoms with van der Waals surface area (Å²) >= 11 is 0. The zero-order valence-corrected chi connectivity index (χ0v) is 11.2. The number of aliphatic carboxylic acids is 1. The van der Waals surface area contributed by atoms with E-state index in [0.29, 0.717) is 0 Å². The number of halogens is 2. The molecule has 1 aromatic carbocycles. The molecule has 6 nitrogen and oxygen atoms in total. The average molecular weight is 293 g/mol. The predicted octanol–water partition coefficient (Wildman–Crippen LogP) is 2.06. The molecule has 0 spiro atoms. The number of rotatable bonds is 5. The lowest BCUT2D eigenvalue weighted by Crippen LogP contribution is -2.35. The molecule has 1 atom stereocenters. The number of carboxylic acids is 1. The minimum Gasteiger partial charge on any atom is -0.480 e. The third kappa shape index (κ3) is 4.46. The zero-order chi connectivity index (χ0) is 13.9. The van der Waals surface area contributed by atoms with Crippen molar-refractivity contribution in [3.05, 3.63) is 39.7 Å². The van der Waals surface area contributed by atoms with E-state index in [9.17, 15) is 19.3 Å². The number of benzene rings is 1. The summed E-state index contributed by atoms with van der Waals surface area (Å²) in [6, 6.07) is 2.55. The van der Waals surface area contributed by atoms with Gasteiger partial charge in [-0.2, -0.15) is 0 Å². The van der Waals surface area contributed by atoms with Gasteiger partial charge in [-0.1, -0.05) is 0 Å². The molecule has 0 fully saturated rings. The van der Waals surface area contributed by atoms with E-state index in [2.05, 4.69) is 0 Å². The molecule has 1 rings (SSSR count). The van der Waals surface area contributed by atoms with Gasteiger partial charge in [-0.05, 0) is 20.0 Å². The Morgan fingerprint density at radius 3 is 2.58 bits per heavy atom. The zero-order valence-electron chi connectivity index (χ0n) is 10.4. The summed E-state index contributed by atoms with van der Waals surface area (Å²) in [6.45, 7) is 1.54. The van der Waals surface area contributed by atoms with Crippen molar-refractivity contribution in [1.82, 2.24) is 4.90 Å². The standard InChI is InChI=1S/C11H13FN2O4.ClH/c1-7(11(15)16)13(2)6-8-3-4-9(14(17)18)5-10(8)12;/h3-5,7H,6H2,1-2H3,(H,15,16);1H. The van der Waals surface area contributed by atoms with Crippen LogP contribution < -0.4 is 0 Å². The van der Waals surface area contributed by atoms with Gasteiger partial charge in [-0.3, -0.25) is 19.8 Å². The highest BCUT2D eigenvalue weighted by Gasteiger charge is 2.19. The summed E-state index contributed by atoms with van der Waals surface area (Å²) in [6.07, 6.45) is 0. The molecule has 0 aliphatic heterocycles. The van der Waals surface area contributed by atoms with Gasteiger partial charge in [0.1, 0.15) is 11.9 Å². The van der Waals surface area contributed by atoms with Gasteiger partial charge < -0.3 is 5.11 Å². The number of hydrogen-bond donors (Lipinski definition) is 1. The Kier molecular flexibility index (Phi) is 6.37. The Morgan fingerprint density at radius 1 is 1.58 bits per heavy atom. The summed E-state index contributed by atoms with van der Waals surface area (Å²) in [5, 5.41) is 19.2. The third-order valence-electron chi connectivity index (χ3n) is 2.69. The van der Waals surface area contributed by atoms with Crippen LogP contribution >= 0.6 is 12.4 Å². The smallest absolute Gasteiger partial charge is 0.320 e. The van der Waals surface area contributed by atoms with Gasteiger partial charge in [0.2, 0.25) is 0 Å². The Balaban J connectivity index is 0.00000324. The molecule has 0 bridgehead atoms. The van der Waals surface area contributed by atoms with E-state index in [4.69, 9.17) is 5.11 Å². The second-order valence-electron chi connectivity index (χ2n) is 3.96. The maximum atomic E-state index is 13.6. The monoisotopic (exact) mass is 292 g/mol. The maximum Gasteiger partial charge on any atom is 0.320 e. The van der Waals surface area contributed by atoms with Crippen LogP contribution in [0.15, 0.2) is 18.2 Å². The van der Waals surface area contributed by atoms with Crippen LogP contribution in [0.1, 0.15) is 12.5 Å². The fourth-order valence-corrected chi connectivity index (χ4v) is 1.37. The quantitative estimate of drug-likeness (QED) is 0.663. The molecule has 1 unspecified atom stereocenters. The van der Waals surface area contributed by atoms with Crippen molar-refractivity contribution in [2.75, 3.05) is 7.05 Å². The lowest BCUT2D eigenvalue weighted by Gasteiger charge is -2.21. The number of nitro benzene ring substituents is 1. The fourth-order valence-electron chi connectivity index (χ4n) is 1.37. The van der Waals surface area contributed by atoms with E-state index < -0.39 is 22.8 Å². The Hall–Kier alpha value is -1.73. The van der Waals surface area contributed by atoms with Crippen molar-refractivity contribution in [3.63, 3.8) is 0 Å². The van der Waals surface area contributed by atoms with Gasteiger partial charge in [0.15, 0.2) is 0 Å². The van der Waals surface area contributed by atoms with Crippen molar-refractivity contribution < 1.29 is 19.2 Å². The number of non-ortho nitro benzene ring substituents is 1. The normalized spacial score (nSPS) is 11.8. The van der Waals surface area contributed by atoms with E-state index in [0.717, 1.165) is 6.07 Å². The molecular weight excluding hydrogens is 279 g/mol. The van der Waals surface area contributed by atoms with Gasteiger partial charge in [0.05, 0.1) is 11.0 Å². The van der Waals surface area contributed by atoms with E-state index >= 15 is 0 Å². The molecule has 0 saturated heterocycles. The Bertz CT molecular complexity index is 484. The van der Waals surface area contributed by atoms with Crippen LogP contribution in [-0.2, 0) is 11.3 Å². The number of nitrogens with zero attached hydrogens (tertiary/aromatic N) is 2. The number of nitro groups is 1. The molecular formula is C11H14ClFN2O4. The minimum atomic E-state index is -1.01. The van der Waals surface area contributed by atoms with Crippen LogP contribution in [0.25, 0.3) is 0 Å². The highest BCUT2D eigenvalue weighted by molar-refractivity contribution is 5.85. The van der Waals surface area contributed by atoms with Gasteiger partial charge in [0, 0.05) is 18.2 Å². The summed E-state index contributed by atoms with van der Waals surface area (Å²) in [7, 11) is 1.54. The highest BCUT2D eigenvalue weighted by Crippen LogP contribution is 2.18. The Labute approximate surface area is 115 Å². The SMILES string of the molecule is CC(C(=O)O)N(C)Cc1ccc([N+](=O)[O-])cc1F.Cl. The van der Waals surface area contributed by atoms with Crippen LogP contribution in [0.4, 0.5) is 10.1 Å². The van der Waals surface area contributed by atoms with Gasteiger partial charge >= 0.3 is 5.97 Å². The van der Waals surface area contributed by atoms with Crippen molar-refractivity contribution in [2.24, 2.45) is 0 Å². The van der Waals surface area contributed by atoms with Crippen LogP contribution in [-0.4, -0.2) is 34.0 Å². The first-order valence-electron chi connectivity index (χ1n) is 5.18. The maximum absolute atomic E-state index is 13.6. The molecule has 0 aliphatic rings. The van der Waals surface area contributed by atoms with Crippen molar-refractivity contribution in [3.8, 4) is 0 Å². The minimum absolute atomic E-state index is 0. The number of hydrogen-bond acceptors (Lipinski definition) is 4. The molecule has 1 aromatic rings. The largest absolute Gasteiger partial charge is 0.480 e. The van der Waals surface area contributed by atoms with Gasteiger partial charge in [-0.15, -0.1) is 12.4 Å². The summed E-state index contributed by atoms with van der Waals surface area (Å²) in [5.41, 5.74) is -0.110.